The summed E-state index contributed by atoms with van der Waals surface area (Å²) in [6.07, 6.45) is 0.771. The number of Topliss-reactive ketones (excluding diaryl/α,β-unsaturated/α-hetero) is 1. The lowest BCUT2D eigenvalue weighted by molar-refractivity contribution is 0.0918. The first kappa shape index (κ1) is 15.9. The fraction of sp³-hybridized carbons (Fsp3) is 0.278. The number of carbonyl (C=O) groups is 1. The Balaban J connectivity index is 2.21. The molecule has 0 atom stereocenters. The zero-order valence-electron chi connectivity index (χ0n) is 13.1. The molecular weight excluding hydrogens is 280 g/mol. The number of hydrogen-bond acceptors (Lipinski definition) is 4. The Morgan fingerprint density at radius 1 is 1.00 bits per heavy atom. The van der Waals surface area contributed by atoms with E-state index in [2.05, 4.69) is 0 Å². The van der Waals surface area contributed by atoms with Gasteiger partial charge in [-0.3, -0.25) is 4.79 Å². The number of benzene rings is 2. The zero-order valence-corrected chi connectivity index (χ0v) is 13.1. The number of rotatable bonds is 7. The second-order valence-electron chi connectivity index (χ2n) is 4.74. The first-order chi connectivity index (χ1) is 10.7. The quantitative estimate of drug-likeness (QED) is 0.734. The average molecular weight is 300 g/mol. The molecular formula is C18H20O4. The third-order valence-corrected chi connectivity index (χ3v) is 3.40. The fourth-order valence-corrected chi connectivity index (χ4v) is 2.20. The number of ketones is 1. The van der Waals surface area contributed by atoms with Gasteiger partial charge in [0.25, 0.3) is 0 Å². The molecule has 116 valence electrons. The molecule has 0 aliphatic carbocycles. The molecule has 0 radical (unpaired) electrons. The first-order valence-corrected chi connectivity index (χ1v) is 7.15. The second-order valence-corrected chi connectivity index (χ2v) is 4.74. The summed E-state index contributed by atoms with van der Waals surface area (Å²) in [5.41, 5.74) is 1.47. The van der Waals surface area contributed by atoms with Crippen molar-refractivity contribution in [1.82, 2.24) is 0 Å². The molecule has 4 heteroatoms. The van der Waals surface area contributed by atoms with Crippen LogP contribution in [0.25, 0.3) is 0 Å². The fourth-order valence-electron chi connectivity index (χ4n) is 2.20. The van der Waals surface area contributed by atoms with Crippen LogP contribution in [0.4, 0.5) is 0 Å². The van der Waals surface area contributed by atoms with Crippen LogP contribution in [0.1, 0.15) is 22.8 Å². The Bertz CT molecular complexity index is 635. The van der Waals surface area contributed by atoms with Crippen molar-refractivity contribution in [3.63, 3.8) is 0 Å². The average Bonchev–Trinajstić information content (AvgIpc) is 2.59. The highest BCUT2D eigenvalue weighted by molar-refractivity contribution is 6.00. The zero-order chi connectivity index (χ0) is 15.9. The van der Waals surface area contributed by atoms with Crippen LogP contribution in [0, 0.1) is 0 Å². The van der Waals surface area contributed by atoms with Gasteiger partial charge in [-0.15, -0.1) is 0 Å². The van der Waals surface area contributed by atoms with E-state index in [1.807, 2.05) is 43.3 Å². The number of ether oxygens (including phenoxy) is 3. The van der Waals surface area contributed by atoms with Crippen LogP contribution >= 0.6 is 0 Å². The summed E-state index contributed by atoms with van der Waals surface area (Å²) in [6, 6.07) is 12.8. The molecule has 22 heavy (non-hydrogen) atoms. The summed E-state index contributed by atoms with van der Waals surface area (Å²) in [4.78, 5) is 12.4. The van der Waals surface area contributed by atoms with Crippen LogP contribution in [-0.2, 0) is 6.42 Å². The van der Waals surface area contributed by atoms with Gasteiger partial charge in [0.2, 0.25) is 5.78 Å². The van der Waals surface area contributed by atoms with E-state index in [1.54, 1.807) is 13.2 Å². The molecule has 0 aliphatic heterocycles. The third kappa shape index (κ3) is 3.58. The lowest BCUT2D eigenvalue weighted by Crippen LogP contribution is -2.13. The topological polar surface area (TPSA) is 44.8 Å². The van der Waals surface area contributed by atoms with E-state index < -0.39 is 0 Å². The van der Waals surface area contributed by atoms with Gasteiger partial charge in [-0.1, -0.05) is 25.1 Å². The van der Waals surface area contributed by atoms with Crippen LogP contribution < -0.4 is 14.2 Å². The van der Waals surface area contributed by atoms with Gasteiger partial charge < -0.3 is 14.2 Å². The molecule has 0 saturated carbocycles. The largest absolute Gasteiger partial charge is 0.496 e. The lowest BCUT2D eigenvalue weighted by Gasteiger charge is -2.14. The molecule has 2 aromatic carbocycles. The molecule has 0 amide bonds. The van der Waals surface area contributed by atoms with Crippen LogP contribution in [-0.4, -0.2) is 26.6 Å². The van der Waals surface area contributed by atoms with Gasteiger partial charge in [-0.25, -0.2) is 0 Å². The minimum atomic E-state index is -0.127. The van der Waals surface area contributed by atoms with Crippen molar-refractivity contribution in [3.8, 4) is 17.2 Å². The van der Waals surface area contributed by atoms with Gasteiger partial charge in [-0.2, -0.15) is 0 Å². The Labute approximate surface area is 130 Å². The molecule has 4 nitrogen and oxygen atoms in total. The van der Waals surface area contributed by atoms with E-state index in [0.717, 1.165) is 17.7 Å². The number of para-hydroxylation sites is 1. The highest BCUT2D eigenvalue weighted by Gasteiger charge is 2.17. The minimum absolute atomic E-state index is 0.0319. The van der Waals surface area contributed by atoms with Crippen molar-refractivity contribution in [2.24, 2.45) is 0 Å². The van der Waals surface area contributed by atoms with Crippen LogP contribution in [0.5, 0.6) is 17.2 Å². The van der Waals surface area contributed by atoms with E-state index in [9.17, 15) is 4.79 Å². The van der Waals surface area contributed by atoms with Crippen molar-refractivity contribution < 1.29 is 19.0 Å². The van der Waals surface area contributed by atoms with Crippen LogP contribution in [0.3, 0.4) is 0 Å². The smallest absolute Gasteiger partial charge is 0.203 e. The van der Waals surface area contributed by atoms with Crippen molar-refractivity contribution >= 4 is 5.78 Å². The van der Waals surface area contributed by atoms with Crippen LogP contribution in [0.15, 0.2) is 42.5 Å². The number of aryl methyl sites for hydroxylation is 1. The van der Waals surface area contributed by atoms with Crippen molar-refractivity contribution in [2.45, 2.75) is 13.3 Å². The van der Waals surface area contributed by atoms with Crippen molar-refractivity contribution in [2.75, 3.05) is 20.8 Å². The molecule has 0 heterocycles. The van der Waals surface area contributed by atoms with Gasteiger partial charge in [0.15, 0.2) is 6.61 Å². The van der Waals surface area contributed by atoms with E-state index in [-0.39, 0.29) is 12.4 Å². The van der Waals surface area contributed by atoms with E-state index in [0.29, 0.717) is 17.1 Å². The molecule has 0 saturated heterocycles. The van der Waals surface area contributed by atoms with Crippen molar-refractivity contribution in [3.05, 3.63) is 53.6 Å². The molecule has 0 N–H and O–H groups in total. The molecule has 0 fully saturated rings. The maximum Gasteiger partial charge on any atom is 0.203 e. The minimum Gasteiger partial charge on any atom is -0.496 e. The highest BCUT2D eigenvalue weighted by Crippen LogP contribution is 2.30. The Morgan fingerprint density at radius 3 is 2.27 bits per heavy atom. The van der Waals surface area contributed by atoms with Gasteiger partial charge in [0.05, 0.1) is 19.8 Å². The van der Waals surface area contributed by atoms with Crippen molar-refractivity contribution in [1.29, 1.82) is 0 Å². The predicted molar refractivity (Wildman–Crippen MR) is 85.2 cm³/mol. The molecule has 2 aromatic rings. The number of carbonyl (C=O) groups excluding carboxylic acids is 1. The second kappa shape index (κ2) is 7.50. The molecule has 0 aromatic heterocycles. The molecule has 0 bridgehead atoms. The maximum atomic E-state index is 12.4. The molecule has 0 aliphatic rings. The molecule has 0 spiro atoms. The number of methoxy groups -OCH3 is 2. The third-order valence-electron chi connectivity index (χ3n) is 3.40. The van der Waals surface area contributed by atoms with E-state index >= 15 is 0 Å². The summed E-state index contributed by atoms with van der Waals surface area (Å²) in [5, 5.41) is 0. The summed E-state index contributed by atoms with van der Waals surface area (Å²) in [7, 11) is 3.14. The van der Waals surface area contributed by atoms with Gasteiger partial charge in [0.1, 0.15) is 17.2 Å². The molecule has 0 unspecified atom stereocenters. The van der Waals surface area contributed by atoms with E-state index in [4.69, 9.17) is 14.2 Å². The summed E-state index contributed by atoms with van der Waals surface area (Å²) in [6.45, 7) is 1.98. The maximum absolute atomic E-state index is 12.4. The first-order valence-electron chi connectivity index (χ1n) is 7.15. The standard InChI is InChI=1S/C18H20O4/c1-4-13-10-15(18(21-3)11-17(13)20-2)16(19)12-22-14-8-6-5-7-9-14/h5-11H,4,12H2,1-3H3. The van der Waals surface area contributed by atoms with Gasteiger partial charge in [0, 0.05) is 6.07 Å². The SMILES string of the molecule is CCc1cc(C(=O)COc2ccccc2)c(OC)cc1OC. The van der Waals surface area contributed by atoms with Gasteiger partial charge >= 0.3 is 0 Å². The lowest BCUT2D eigenvalue weighted by atomic mass is 10.0. The Morgan fingerprint density at radius 2 is 1.68 bits per heavy atom. The normalized spacial score (nSPS) is 10.1. The highest BCUT2D eigenvalue weighted by atomic mass is 16.5. The van der Waals surface area contributed by atoms with Crippen LogP contribution in [0.2, 0.25) is 0 Å². The summed E-state index contributed by atoms with van der Waals surface area (Å²) >= 11 is 0. The Kier molecular flexibility index (Phi) is 5.42. The molecule has 2 rings (SSSR count). The van der Waals surface area contributed by atoms with E-state index in [1.165, 1.54) is 7.11 Å². The summed E-state index contributed by atoms with van der Waals surface area (Å²) in [5.74, 6) is 1.76. The predicted octanol–water partition coefficient (Wildman–Crippen LogP) is 3.53. The Hall–Kier alpha value is -2.49. The summed E-state index contributed by atoms with van der Waals surface area (Å²) < 4.78 is 16.1. The monoisotopic (exact) mass is 300 g/mol. The number of hydrogen-bond donors (Lipinski definition) is 0. The van der Waals surface area contributed by atoms with Gasteiger partial charge in [-0.05, 0) is 30.2 Å².